The second-order valence-electron chi connectivity index (χ2n) is 8.30. The molecule has 0 aliphatic carbocycles. The summed E-state index contributed by atoms with van der Waals surface area (Å²) in [6.07, 6.45) is 0.475. The molecule has 0 saturated carbocycles. The summed E-state index contributed by atoms with van der Waals surface area (Å²) in [5.74, 6) is 0.215. The number of benzene rings is 2. The summed E-state index contributed by atoms with van der Waals surface area (Å²) >= 11 is 9.49. The number of thioether (sulfide) groups is 1. The molecule has 3 aromatic rings. The van der Waals surface area contributed by atoms with Gasteiger partial charge in [0.1, 0.15) is 5.01 Å². The number of aromatic nitrogens is 1. The van der Waals surface area contributed by atoms with Gasteiger partial charge in [-0.15, -0.1) is 23.1 Å². The quantitative estimate of drug-likeness (QED) is 0.393. The lowest BCUT2D eigenvalue weighted by molar-refractivity contribution is -0.132. The number of hydrogen-bond donors (Lipinski definition) is 0. The molecule has 168 valence electrons. The molecule has 4 nitrogen and oxygen atoms in total. The van der Waals surface area contributed by atoms with Gasteiger partial charge in [-0.25, -0.2) is 4.98 Å². The molecule has 2 aromatic carbocycles. The van der Waals surface area contributed by atoms with E-state index >= 15 is 0 Å². The number of rotatable bonds is 7. The minimum atomic E-state index is 0.215. The number of hydrogen-bond acceptors (Lipinski definition) is 5. The molecule has 1 saturated heterocycles. The Kier molecular flexibility index (Phi) is 7.89. The molecule has 4 rings (SSSR count). The van der Waals surface area contributed by atoms with E-state index in [0.717, 1.165) is 59.6 Å². The van der Waals surface area contributed by atoms with Gasteiger partial charge in [0.2, 0.25) is 5.91 Å². The van der Waals surface area contributed by atoms with E-state index in [0.29, 0.717) is 11.7 Å². The second-order valence-corrected chi connectivity index (χ2v) is 11.2. The molecule has 32 heavy (non-hydrogen) atoms. The van der Waals surface area contributed by atoms with E-state index in [1.807, 2.05) is 40.9 Å². The maximum Gasteiger partial charge on any atom is 0.227 e. The molecular weight excluding hydrogens is 458 g/mol. The van der Waals surface area contributed by atoms with Crippen molar-refractivity contribution in [3.63, 3.8) is 0 Å². The molecule has 1 amide bonds. The number of thiazole rings is 1. The maximum absolute atomic E-state index is 12.8. The van der Waals surface area contributed by atoms with Crippen LogP contribution in [0.1, 0.15) is 25.1 Å². The fourth-order valence-electron chi connectivity index (χ4n) is 3.73. The highest BCUT2D eigenvalue weighted by atomic mass is 35.5. The third-order valence-corrected chi connectivity index (χ3v) is 7.61. The highest BCUT2D eigenvalue weighted by Gasteiger charge is 2.22. The molecule has 0 radical (unpaired) electrons. The summed E-state index contributed by atoms with van der Waals surface area (Å²) < 4.78 is 0. The van der Waals surface area contributed by atoms with Crippen molar-refractivity contribution in [2.24, 2.45) is 0 Å². The van der Waals surface area contributed by atoms with E-state index in [1.165, 1.54) is 4.90 Å². The average Bonchev–Trinajstić information content (AvgIpc) is 3.24. The molecule has 0 N–H and O–H groups in total. The van der Waals surface area contributed by atoms with Gasteiger partial charge >= 0.3 is 0 Å². The third-order valence-electron chi connectivity index (χ3n) is 5.40. The smallest absolute Gasteiger partial charge is 0.227 e. The fraction of sp³-hybridized carbons (Fsp3) is 0.360. The van der Waals surface area contributed by atoms with Crippen molar-refractivity contribution in [2.45, 2.75) is 37.0 Å². The summed E-state index contributed by atoms with van der Waals surface area (Å²) in [7, 11) is 0. The summed E-state index contributed by atoms with van der Waals surface area (Å²) in [6, 6.07) is 16.2. The zero-order valence-corrected chi connectivity index (χ0v) is 20.8. The SMILES string of the molecule is CC(C)Sc1ccc(CC(=O)N2CCN(Cc3csc(-c4ccc(Cl)cc4)n3)CC2)cc1. The van der Waals surface area contributed by atoms with Gasteiger partial charge < -0.3 is 4.90 Å². The summed E-state index contributed by atoms with van der Waals surface area (Å²) in [6.45, 7) is 8.50. The Bertz CT molecular complexity index is 1030. The summed E-state index contributed by atoms with van der Waals surface area (Å²) in [5.41, 5.74) is 3.26. The normalized spacial score (nSPS) is 14.8. The Morgan fingerprint density at radius 2 is 1.75 bits per heavy atom. The molecule has 1 aliphatic heterocycles. The van der Waals surface area contributed by atoms with Gasteiger partial charge in [-0.1, -0.05) is 49.7 Å². The fourth-order valence-corrected chi connectivity index (χ4v) is 5.51. The second kappa shape index (κ2) is 10.8. The van der Waals surface area contributed by atoms with Crippen molar-refractivity contribution in [2.75, 3.05) is 26.2 Å². The Labute approximate surface area is 203 Å². The minimum Gasteiger partial charge on any atom is -0.340 e. The van der Waals surface area contributed by atoms with Crippen LogP contribution in [0.4, 0.5) is 0 Å². The first-order valence-electron chi connectivity index (χ1n) is 10.9. The largest absolute Gasteiger partial charge is 0.340 e. The number of carbonyl (C=O) groups is 1. The predicted octanol–water partition coefficient (Wildman–Crippen LogP) is 5.85. The molecule has 1 fully saturated rings. The van der Waals surface area contributed by atoms with Gasteiger partial charge in [-0.3, -0.25) is 9.69 Å². The van der Waals surface area contributed by atoms with Crippen molar-refractivity contribution >= 4 is 40.6 Å². The molecule has 0 bridgehead atoms. The lowest BCUT2D eigenvalue weighted by Crippen LogP contribution is -2.48. The van der Waals surface area contributed by atoms with Crippen molar-refractivity contribution < 1.29 is 4.79 Å². The van der Waals surface area contributed by atoms with Crippen LogP contribution in [-0.4, -0.2) is 52.1 Å². The van der Waals surface area contributed by atoms with Gasteiger partial charge in [0.15, 0.2) is 0 Å². The molecule has 7 heteroatoms. The monoisotopic (exact) mass is 485 g/mol. The summed E-state index contributed by atoms with van der Waals surface area (Å²) in [4.78, 5) is 23.2. The molecule has 0 spiro atoms. The van der Waals surface area contributed by atoms with E-state index in [9.17, 15) is 4.79 Å². The van der Waals surface area contributed by atoms with Gasteiger partial charge in [-0.05, 0) is 29.8 Å². The average molecular weight is 486 g/mol. The van der Waals surface area contributed by atoms with Gasteiger partial charge in [0.25, 0.3) is 0 Å². The van der Waals surface area contributed by atoms with Crippen LogP contribution in [-0.2, 0) is 17.8 Å². The molecule has 1 aromatic heterocycles. The van der Waals surface area contributed by atoms with Crippen molar-refractivity contribution in [3.8, 4) is 10.6 Å². The standard InChI is InChI=1S/C25H28ClN3OS2/c1-18(2)32-23-9-3-19(4-10-23)15-24(30)29-13-11-28(12-14-29)16-22-17-31-25(27-22)20-5-7-21(26)8-6-20/h3-10,17-18H,11-16H2,1-2H3. The van der Waals surface area contributed by atoms with Crippen LogP contribution in [0.25, 0.3) is 10.6 Å². The first kappa shape index (κ1) is 23.3. The van der Waals surface area contributed by atoms with Gasteiger partial charge in [0, 0.05) is 58.8 Å². The zero-order chi connectivity index (χ0) is 22.5. The number of nitrogens with zero attached hydrogens (tertiary/aromatic N) is 3. The molecule has 0 unspecified atom stereocenters. The molecule has 2 heterocycles. The van der Waals surface area contributed by atoms with E-state index in [1.54, 1.807) is 11.3 Å². The minimum absolute atomic E-state index is 0.215. The first-order chi connectivity index (χ1) is 15.5. The third kappa shape index (κ3) is 6.35. The molecule has 1 aliphatic rings. The van der Waals surface area contributed by atoms with Crippen LogP contribution in [0.2, 0.25) is 5.02 Å². The highest BCUT2D eigenvalue weighted by Crippen LogP contribution is 2.26. The topological polar surface area (TPSA) is 36.4 Å². The van der Waals surface area contributed by atoms with Crippen LogP contribution < -0.4 is 0 Å². The molecular formula is C25H28ClN3OS2. The highest BCUT2D eigenvalue weighted by molar-refractivity contribution is 7.99. The van der Waals surface area contributed by atoms with Crippen LogP contribution in [0.15, 0.2) is 58.8 Å². The number of piperazine rings is 1. The lowest BCUT2D eigenvalue weighted by Gasteiger charge is -2.34. The van der Waals surface area contributed by atoms with Crippen molar-refractivity contribution in [1.82, 2.24) is 14.8 Å². The van der Waals surface area contributed by atoms with E-state index in [4.69, 9.17) is 16.6 Å². The van der Waals surface area contributed by atoms with Gasteiger partial charge in [0.05, 0.1) is 12.1 Å². The Balaban J connectivity index is 1.25. The van der Waals surface area contributed by atoms with Crippen molar-refractivity contribution in [3.05, 3.63) is 70.2 Å². The summed E-state index contributed by atoms with van der Waals surface area (Å²) in [5, 5.41) is 4.44. The van der Waals surface area contributed by atoms with E-state index < -0.39 is 0 Å². The van der Waals surface area contributed by atoms with Crippen LogP contribution >= 0.6 is 34.7 Å². The lowest BCUT2D eigenvalue weighted by atomic mass is 10.1. The Hall–Kier alpha value is -1.86. The zero-order valence-electron chi connectivity index (χ0n) is 18.5. The Morgan fingerprint density at radius 3 is 2.41 bits per heavy atom. The number of halogens is 1. The van der Waals surface area contributed by atoms with E-state index in [-0.39, 0.29) is 5.91 Å². The van der Waals surface area contributed by atoms with Crippen LogP contribution in [0.3, 0.4) is 0 Å². The molecule has 0 atom stereocenters. The van der Waals surface area contributed by atoms with Crippen molar-refractivity contribution in [1.29, 1.82) is 0 Å². The van der Waals surface area contributed by atoms with Gasteiger partial charge in [-0.2, -0.15) is 0 Å². The number of amides is 1. The maximum atomic E-state index is 12.8. The predicted molar refractivity (Wildman–Crippen MR) is 136 cm³/mol. The first-order valence-corrected chi connectivity index (χ1v) is 13.1. The Morgan fingerprint density at radius 1 is 1.06 bits per heavy atom. The van der Waals surface area contributed by atoms with Crippen LogP contribution in [0, 0.1) is 0 Å². The van der Waals surface area contributed by atoms with E-state index in [2.05, 4.69) is 48.4 Å². The number of carbonyl (C=O) groups excluding carboxylic acids is 1. The van der Waals surface area contributed by atoms with Crippen LogP contribution in [0.5, 0.6) is 0 Å².